The molecule has 1 fully saturated rings. The minimum atomic E-state index is 0.694. The van der Waals surface area contributed by atoms with E-state index in [0.717, 1.165) is 18.2 Å². The van der Waals surface area contributed by atoms with Gasteiger partial charge in [0, 0.05) is 23.7 Å². The zero-order valence-electron chi connectivity index (χ0n) is 11.0. The van der Waals surface area contributed by atoms with E-state index in [1.54, 1.807) is 11.3 Å². The van der Waals surface area contributed by atoms with Gasteiger partial charge in [0.1, 0.15) is 5.01 Å². The van der Waals surface area contributed by atoms with Crippen LogP contribution < -0.4 is 5.32 Å². The summed E-state index contributed by atoms with van der Waals surface area (Å²) in [6.07, 6.45) is 8.39. The second-order valence-electron chi connectivity index (χ2n) is 5.18. The maximum Gasteiger partial charge on any atom is 0.107 e. The second kappa shape index (κ2) is 6.50. The number of thiazole rings is 1. The molecule has 0 spiro atoms. The van der Waals surface area contributed by atoms with Crippen molar-refractivity contribution in [3.63, 3.8) is 0 Å². The molecule has 2 nitrogen and oxygen atoms in total. The van der Waals surface area contributed by atoms with Crippen LogP contribution in [0.2, 0.25) is 0 Å². The van der Waals surface area contributed by atoms with Gasteiger partial charge in [-0.25, -0.2) is 4.98 Å². The molecule has 96 valence electrons. The fraction of sp³-hybridized carbons (Fsp3) is 0.786. The maximum atomic E-state index is 4.52. The lowest BCUT2D eigenvalue weighted by atomic mass is 9.83. The molecule has 2 rings (SSSR count). The van der Waals surface area contributed by atoms with E-state index in [1.807, 2.05) is 0 Å². The van der Waals surface area contributed by atoms with Gasteiger partial charge in [0.2, 0.25) is 0 Å². The second-order valence-corrected chi connectivity index (χ2v) is 6.12. The first-order valence-corrected chi connectivity index (χ1v) is 7.82. The van der Waals surface area contributed by atoms with Gasteiger partial charge in [-0.3, -0.25) is 0 Å². The highest BCUT2D eigenvalue weighted by atomic mass is 32.1. The fourth-order valence-electron chi connectivity index (χ4n) is 2.88. The van der Waals surface area contributed by atoms with Gasteiger partial charge in [-0.2, -0.15) is 0 Å². The van der Waals surface area contributed by atoms with E-state index in [9.17, 15) is 0 Å². The molecule has 1 aliphatic rings. The van der Waals surface area contributed by atoms with Gasteiger partial charge in [0.15, 0.2) is 0 Å². The molecule has 1 N–H and O–H groups in total. The molecule has 0 bridgehead atoms. The van der Waals surface area contributed by atoms with Gasteiger partial charge in [-0.15, -0.1) is 11.3 Å². The lowest BCUT2D eigenvalue weighted by Gasteiger charge is -2.30. The van der Waals surface area contributed by atoms with Crippen molar-refractivity contribution in [2.45, 2.75) is 65.0 Å². The summed E-state index contributed by atoms with van der Waals surface area (Å²) in [5.41, 5.74) is 1.15. The number of nitrogens with one attached hydrogen (secondary N) is 1. The van der Waals surface area contributed by atoms with E-state index in [1.165, 1.54) is 43.5 Å². The van der Waals surface area contributed by atoms with Crippen molar-refractivity contribution in [1.82, 2.24) is 10.3 Å². The van der Waals surface area contributed by atoms with Crippen LogP contribution in [0.5, 0.6) is 0 Å². The zero-order chi connectivity index (χ0) is 12.1. The Morgan fingerprint density at radius 3 is 2.76 bits per heavy atom. The van der Waals surface area contributed by atoms with E-state index in [4.69, 9.17) is 0 Å². The lowest BCUT2D eigenvalue weighted by molar-refractivity contribution is 0.261. The molecule has 1 unspecified atom stereocenters. The molecule has 17 heavy (non-hydrogen) atoms. The van der Waals surface area contributed by atoms with Crippen LogP contribution in [0.3, 0.4) is 0 Å². The Balaban J connectivity index is 1.82. The molecule has 1 aromatic rings. The minimum Gasteiger partial charge on any atom is -0.307 e. The zero-order valence-corrected chi connectivity index (χ0v) is 11.9. The van der Waals surface area contributed by atoms with Gasteiger partial charge >= 0.3 is 0 Å². The number of hydrogen-bond acceptors (Lipinski definition) is 3. The first-order valence-electron chi connectivity index (χ1n) is 6.94. The van der Waals surface area contributed by atoms with Crippen molar-refractivity contribution < 1.29 is 0 Å². The third-order valence-electron chi connectivity index (χ3n) is 3.84. The Morgan fingerprint density at radius 2 is 2.18 bits per heavy atom. The molecule has 0 saturated heterocycles. The summed E-state index contributed by atoms with van der Waals surface area (Å²) < 4.78 is 0. The summed E-state index contributed by atoms with van der Waals surface area (Å²) in [6, 6.07) is 0.694. The Hall–Kier alpha value is -0.410. The molecule has 0 radical (unpaired) electrons. The van der Waals surface area contributed by atoms with Crippen molar-refractivity contribution >= 4 is 11.3 Å². The molecular formula is C14H24N2S. The molecule has 0 aliphatic heterocycles. The lowest BCUT2D eigenvalue weighted by Crippen LogP contribution is -2.36. The molecule has 1 saturated carbocycles. The average molecular weight is 252 g/mol. The third kappa shape index (κ3) is 3.78. The Kier molecular flexibility index (Phi) is 4.99. The number of aromatic nitrogens is 1. The third-order valence-corrected chi connectivity index (χ3v) is 4.81. The summed E-state index contributed by atoms with van der Waals surface area (Å²) in [5, 5.41) is 7.09. The average Bonchev–Trinajstić information content (AvgIpc) is 2.77. The van der Waals surface area contributed by atoms with E-state index in [-0.39, 0.29) is 0 Å². The standard InChI is InChI=1S/C14H24N2S/c1-3-13(12-7-5-4-6-8-12)15-9-14-16-11(2)10-17-14/h10,12-13,15H,3-9H2,1-2H3. The quantitative estimate of drug-likeness (QED) is 0.859. The van der Waals surface area contributed by atoms with Crippen LogP contribution in [-0.4, -0.2) is 11.0 Å². The van der Waals surface area contributed by atoms with Crippen LogP contribution in [-0.2, 0) is 6.54 Å². The molecular weight excluding hydrogens is 228 g/mol. The van der Waals surface area contributed by atoms with E-state index in [2.05, 4.69) is 29.5 Å². The highest BCUT2D eigenvalue weighted by Gasteiger charge is 2.21. The van der Waals surface area contributed by atoms with Crippen molar-refractivity contribution in [2.75, 3.05) is 0 Å². The normalized spacial score (nSPS) is 19.4. The van der Waals surface area contributed by atoms with Gasteiger partial charge < -0.3 is 5.32 Å². The maximum absolute atomic E-state index is 4.52. The van der Waals surface area contributed by atoms with Crippen molar-refractivity contribution in [1.29, 1.82) is 0 Å². The predicted octanol–water partition coefficient (Wildman–Crippen LogP) is 3.90. The Labute approximate surface area is 109 Å². The molecule has 1 atom stereocenters. The number of hydrogen-bond donors (Lipinski definition) is 1. The largest absolute Gasteiger partial charge is 0.307 e. The van der Waals surface area contributed by atoms with Crippen molar-refractivity contribution in [2.24, 2.45) is 5.92 Å². The van der Waals surface area contributed by atoms with Crippen LogP contribution in [0.1, 0.15) is 56.2 Å². The summed E-state index contributed by atoms with van der Waals surface area (Å²) >= 11 is 1.78. The topological polar surface area (TPSA) is 24.9 Å². The predicted molar refractivity (Wildman–Crippen MR) is 74.3 cm³/mol. The van der Waals surface area contributed by atoms with Gasteiger partial charge in [-0.1, -0.05) is 26.2 Å². The van der Waals surface area contributed by atoms with E-state index < -0.39 is 0 Å². The molecule has 1 aliphatic carbocycles. The summed E-state index contributed by atoms with van der Waals surface area (Å²) in [5.74, 6) is 0.898. The first-order chi connectivity index (χ1) is 8.29. The molecule has 1 heterocycles. The monoisotopic (exact) mass is 252 g/mol. The highest BCUT2D eigenvalue weighted by Crippen LogP contribution is 2.27. The van der Waals surface area contributed by atoms with Crippen LogP contribution in [0.25, 0.3) is 0 Å². The molecule has 0 amide bonds. The van der Waals surface area contributed by atoms with Gasteiger partial charge in [-0.05, 0) is 32.1 Å². The smallest absolute Gasteiger partial charge is 0.107 e. The molecule has 1 aromatic heterocycles. The number of nitrogens with zero attached hydrogens (tertiary/aromatic N) is 1. The number of aryl methyl sites for hydroxylation is 1. The van der Waals surface area contributed by atoms with E-state index >= 15 is 0 Å². The first kappa shape index (κ1) is 13.0. The Bertz CT molecular complexity index is 329. The van der Waals surface area contributed by atoms with Crippen molar-refractivity contribution in [3.8, 4) is 0 Å². The van der Waals surface area contributed by atoms with Crippen LogP contribution in [0.4, 0.5) is 0 Å². The SMILES string of the molecule is CCC(NCc1nc(C)cs1)C1CCCCC1. The minimum absolute atomic E-state index is 0.694. The van der Waals surface area contributed by atoms with Gasteiger partial charge in [0.05, 0.1) is 0 Å². The summed E-state index contributed by atoms with van der Waals surface area (Å²) in [7, 11) is 0. The molecule has 3 heteroatoms. The number of rotatable bonds is 5. The summed E-state index contributed by atoms with van der Waals surface area (Å²) in [4.78, 5) is 4.52. The highest BCUT2D eigenvalue weighted by molar-refractivity contribution is 7.09. The van der Waals surface area contributed by atoms with Gasteiger partial charge in [0.25, 0.3) is 0 Å². The molecule has 0 aromatic carbocycles. The summed E-state index contributed by atoms with van der Waals surface area (Å²) in [6.45, 7) is 5.32. The van der Waals surface area contributed by atoms with Crippen LogP contribution >= 0.6 is 11.3 Å². The van der Waals surface area contributed by atoms with Crippen LogP contribution in [0.15, 0.2) is 5.38 Å². The van der Waals surface area contributed by atoms with Crippen LogP contribution in [0, 0.1) is 12.8 Å². The fourth-order valence-corrected chi connectivity index (χ4v) is 3.61. The Morgan fingerprint density at radius 1 is 1.41 bits per heavy atom. The van der Waals surface area contributed by atoms with E-state index in [0.29, 0.717) is 6.04 Å². The van der Waals surface area contributed by atoms with Crippen molar-refractivity contribution in [3.05, 3.63) is 16.1 Å².